The number of carboxylic acids is 1. The van der Waals surface area contributed by atoms with Crippen LogP contribution in [-0.2, 0) is 11.2 Å². The van der Waals surface area contributed by atoms with Crippen LogP contribution in [0.4, 0.5) is 0 Å². The maximum absolute atomic E-state index is 12.4. The molecule has 0 bridgehead atoms. The summed E-state index contributed by atoms with van der Waals surface area (Å²) in [5, 5.41) is 9.37. The first-order valence-electron chi connectivity index (χ1n) is 9.59. The van der Waals surface area contributed by atoms with E-state index in [9.17, 15) is 14.7 Å². The second-order valence-electron chi connectivity index (χ2n) is 8.06. The van der Waals surface area contributed by atoms with E-state index in [1.54, 1.807) is 0 Å². The monoisotopic (exact) mass is 361 g/mol. The van der Waals surface area contributed by atoms with E-state index in [-0.39, 0.29) is 17.7 Å². The van der Waals surface area contributed by atoms with Crippen LogP contribution in [0.5, 0.6) is 0 Å². The zero-order chi connectivity index (χ0) is 18.3. The first kappa shape index (κ1) is 15.4. The molecule has 5 heteroatoms. The molecule has 136 valence electrons. The molecule has 0 unspecified atom stereocenters. The molecule has 27 heavy (non-hydrogen) atoms. The quantitative estimate of drug-likeness (QED) is 0.892. The van der Waals surface area contributed by atoms with Gasteiger partial charge < -0.3 is 14.4 Å². The Balaban J connectivity index is 1.56. The third-order valence-electron chi connectivity index (χ3n) is 6.48. The van der Waals surface area contributed by atoms with Gasteiger partial charge in [0.05, 0.1) is 6.04 Å². The van der Waals surface area contributed by atoms with Crippen LogP contribution in [0.2, 0.25) is 0 Å². The summed E-state index contributed by atoms with van der Waals surface area (Å²) in [5.74, 6) is -0.467. The van der Waals surface area contributed by atoms with Gasteiger partial charge in [0.2, 0.25) is 0 Å². The summed E-state index contributed by atoms with van der Waals surface area (Å²) >= 11 is 0. The van der Waals surface area contributed by atoms with Gasteiger partial charge >= 0.3 is 5.97 Å². The van der Waals surface area contributed by atoms with E-state index in [1.807, 2.05) is 4.57 Å². The van der Waals surface area contributed by atoms with Gasteiger partial charge in [-0.15, -0.1) is 0 Å². The fourth-order valence-electron chi connectivity index (χ4n) is 5.06. The molecule has 5 nitrogen and oxygen atoms in total. The fourth-order valence-corrected chi connectivity index (χ4v) is 5.06. The predicted molar refractivity (Wildman–Crippen MR) is 100.0 cm³/mol. The Morgan fingerprint density at radius 2 is 2.04 bits per heavy atom. The van der Waals surface area contributed by atoms with Gasteiger partial charge in [-0.1, -0.05) is 18.2 Å². The van der Waals surface area contributed by atoms with Gasteiger partial charge in [-0.05, 0) is 53.0 Å². The number of allylic oxidation sites excluding steroid dienone is 1. The van der Waals surface area contributed by atoms with Crippen LogP contribution in [0.1, 0.15) is 64.0 Å². The third kappa shape index (κ3) is 2.09. The van der Waals surface area contributed by atoms with Crippen LogP contribution in [0.3, 0.4) is 0 Å². The lowest BCUT2D eigenvalue weighted by Crippen LogP contribution is -2.31. The minimum absolute atomic E-state index is 0.0477. The van der Waals surface area contributed by atoms with Crippen LogP contribution >= 0.6 is 0 Å². The molecule has 2 aliphatic carbocycles. The van der Waals surface area contributed by atoms with Gasteiger partial charge in [-0.2, -0.15) is 0 Å². The molecule has 1 saturated heterocycles. The number of benzene rings is 1. The summed E-state index contributed by atoms with van der Waals surface area (Å²) < 4.78 is 8.08. The lowest BCUT2D eigenvalue weighted by atomic mass is 9.89. The predicted octanol–water partition coefficient (Wildman–Crippen LogP) is 3.23. The van der Waals surface area contributed by atoms with Crippen LogP contribution in [0, 0.1) is 0 Å². The van der Waals surface area contributed by atoms with E-state index < -0.39 is 11.4 Å². The molecule has 0 amide bonds. The van der Waals surface area contributed by atoms with Crippen LogP contribution in [-0.4, -0.2) is 28.4 Å². The molecule has 3 heterocycles. The second kappa shape index (κ2) is 5.20. The summed E-state index contributed by atoms with van der Waals surface area (Å²) in [6, 6.07) is 8.35. The van der Waals surface area contributed by atoms with Crippen molar-refractivity contribution < 1.29 is 14.6 Å². The minimum atomic E-state index is -1.17. The zero-order valence-corrected chi connectivity index (χ0v) is 14.8. The molecule has 2 fully saturated rings. The largest absolute Gasteiger partial charge is 0.477 e. The highest BCUT2D eigenvalue weighted by atomic mass is 16.5. The Kier molecular flexibility index (Phi) is 2.97. The highest BCUT2D eigenvalue weighted by Gasteiger charge is 2.43. The average molecular weight is 361 g/mol. The van der Waals surface area contributed by atoms with Gasteiger partial charge in [0.25, 0.3) is 0 Å². The zero-order valence-electron chi connectivity index (χ0n) is 14.8. The highest BCUT2D eigenvalue weighted by Crippen LogP contribution is 2.51. The van der Waals surface area contributed by atoms with Crippen molar-refractivity contribution in [3.8, 4) is 0 Å². The van der Waals surface area contributed by atoms with Crippen molar-refractivity contribution in [3.63, 3.8) is 0 Å². The molecule has 1 aromatic carbocycles. The number of hydrogen-bond donors (Lipinski definition) is 1. The van der Waals surface area contributed by atoms with E-state index in [4.69, 9.17) is 4.74 Å². The number of hydrogen-bond acceptors (Lipinski definition) is 3. The van der Waals surface area contributed by atoms with Crippen molar-refractivity contribution in [1.82, 2.24) is 4.57 Å². The Hall–Kier alpha value is -2.66. The highest BCUT2D eigenvalue weighted by molar-refractivity contribution is 6.00. The van der Waals surface area contributed by atoms with Gasteiger partial charge in [-0.3, -0.25) is 4.79 Å². The molecule has 4 aliphatic rings. The smallest absolute Gasteiger partial charge is 0.341 e. The van der Waals surface area contributed by atoms with Crippen LogP contribution in [0.25, 0.3) is 11.1 Å². The minimum Gasteiger partial charge on any atom is -0.477 e. The van der Waals surface area contributed by atoms with Crippen molar-refractivity contribution in [2.24, 2.45) is 0 Å². The summed E-state index contributed by atoms with van der Waals surface area (Å²) in [7, 11) is 0. The molecule has 6 rings (SSSR count). The van der Waals surface area contributed by atoms with Gasteiger partial charge in [-0.25, -0.2) is 4.79 Å². The fraction of sp³-hybridized carbons (Fsp3) is 0.364. The summed E-state index contributed by atoms with van der Waals surface area (Å²) in [6.45, 7) is 0.648. The molecule has 0 spiro atoms. The lowest BCUT2D eigenvalue weighted by Gasteiger charge is -2.32. The number of pyridine rings is 1. The molecule has 0 radical (unpaired) electrons. The standard InChI is InChI=1S/C22H19NO4/c24-19-9-18-15-8-13-7-12(11-1-2-11)3-4-14(13)20(15)21-17(5-6-27-21)23(18)10-16(19)22(25)26/h3-4,7,9-11,17,21H,1-2,5-6,8H2,(H,25,26)/t17-,21+/m1/s1. The summed E-state index contributed by atoms with van der Waals surface area (Å²) in [6.07, 6.45) is 5.61. The van der Waals surface area contributed by atoms with E-state index in [0.29, 0.717) is 12.5 Å². The number of aromatic carboxylic acids is 1. The van der Waals surface area contributed by atoms with E-state index >= 15 is 0 Å². The van der Waals surface area contributed by atoms with Crippen LogP contribution in [0.15, 0.2) is 35.3 Å². The molecule has 2 atom stereocenters. The number of carbonyl (C=O) groups is 1. The first-order valence-corrected chi connectivity index (χ1v) is 9.59. The van der Waals surface area contributed by atoms with Gasteiger partial charge in [0, 0.05) is 31.0 Å². The third-order valence-corrected chi connectivity index (χ3v) is 6.48. The normalized spacial score (nSPS) is 25.0. The molecule has 2 aliphatic heterocycles. The average Bonchev–Trinajstić information content (AvgIpc) is 3.26. The Morgan fingerprint density at radius 1 is 1.19 bits per heavy atom. The molecular formula is C22H19NO4. The van der Waals surface area contributed by atoms with Crippen molar-refractivity contribution in [3.05, 3.63) is 68.6 Å². The maximum atomic E-state index is 12.4. The first-order chi connectivity index (χ1) is 13.1. The topological polar surface area (TPSA) is 68.5 Å². The van der Waals surface area contributed by atoms with E-state index in [2.05, 4.69) is 18.2 Å². The number of fused-ring (bicyclic) bond motifs is 7. The number of aromatic nitrogens is 1. The van der Waals surface area contributed by atoms with E-state index in [0.717, 1.165) is 24.1 Å². The lowest BCUT2D eigenvalue weighted by molar-refractivity contribution is 0.0693. The van der Waals surface area contributed by atoms with Gasteiger partial charge in [0.15, 0.2) is 5.43 Å². The summed E-state index contributed by atoms with van der Waals surface area (Å²) in [4.78, 5) is 23.8. The van der Waals surface area contributed by atoms with E-state index in [1.165, 1.54) is 47.4 Å². The molecule has 1 aromatic heterocycles. The van der Waals surface area contributed by atoms with Crippen molar-refractivity contribution in [1.29, 1.82) is 0 Å². The maximum Gasteiger partial charge on any atom is 0.341 e. The SMILES string of the molecule is O=C(O)c1cn2c(cc1=O)C1=C(c3ccc(C4CC4)cc3C1)[C@H]1OCC[C@H]12. The van der Waals surface area contributed by atoms with Gasteiger partial charge in [0.1, 0.15) is 11.7 Å². The summed E-state index contributed by atoms with van der Waals surface area (Å²) in [5.41, 5.74) is 6.56. The Morgan fingerprint density at radius 3 is 2.81 bits per heavy atom. The number of nitrogens with zero attached hydrogens (tertiary/aromatic N) is 1. The molecule has 1 N–H and O–H groups in total. The van der Waals surface area contributed by atoms with Crippen molar-refractivity contribution >= 4 is 17.1 Å². The Bertz CT molecular complexity index is 1110. The molecule has 1 saturated carbocycles. The number of carboxylic acid groups (broad SMARTS) is 1. The second-order valence-corrected chi connectivity index (χ2v) is 8.06. The molecule has 2 aromatic rings. The number of rotatable bonds is 2. The van der Waals surface area contributed by atoms with Crippen LogP contribution < -0.4 is 5.43 Å². The van der Waals surface area contributed by atoms with Crippen molar-refractivity contribution in [2.45, 2.75) is 43.7 Å². The Labute approximate surface area is 155 Å². The van der Waals surface area contributed by atoms with Crippen molar-refractivity contribution in [2.75, 3.05) is 6.61 Å². The molecular weight excluding hydrogens is 342 g/mol. The number of ether oxygens (including phenoxy) is 1.